The molecule has 1 amide bonds. The molecule has 0 radical (unpaired) electrons. The molecule has 1 aromatic rings. The van der Waals surface area contributed by atoms with Crippen molar-refractivity contribution in [3.63, 3.8) is 0 Å². The fourth-order valence-electron chi connectivity index (χ4n) is 1.69. The first-order chi connectivity index (χ1) is 7.24. The number of carbonyl (C=O) groups is 1. The van der Waals surface area contributed by atoms with Gasteiger partial charge in [0.15, 0.2) is 6.73 Å². The summed E-state index contributed by atoms with van der Waals surface area (Å²) < 4.78 is 5.43. The van der Waals surface area contributed by atoms with Crippen LogP contribution in [0, 0.1) is 6.92 Å². The van der Waals surface area contributed by atoms with Crippen molar-refractivity contribution >= 4 is 5.91 Å². The molecule has 80 valence electrons. The Bertz CT molecular complexity index is 389. The highest BCUT2D eigenvalue weighted by atomic mass is 16.5. The van der Waals surface area contributed by atoms with E-state index >= 15 is 0 Å². The van der Waals surface area contributed by atoms with Crippen LogP contribution in [-0.4, -0.2) is 35.8 Å². The van der Waals surface area contributed by atoms with Crippen LogP contribution in [0.25, 0.3) is 0 Å². The molecule has 0 aromatic heterocycles. The SMILES string of the molecule is Cc1cccc2c1C(=O)N(CCO)CO2. The van der Waals surface area contributed by atoms with Gasteiger partial charge < -0.3 is 14.7 Å². The first kappa shape index (κ1) is 9.98. The van der Waals surface area contributed by atoms with Crippen LogP contribution < -0.4 is 4.74 Å². The van der Waals surface area contributed by atoms with Crippen LogP contribution in [-0.2, 0) is 0 Å². The van der Waals surface area contributed by atoms with Crippen LogP contribution in [0.3, 0.4) is 0 Å². The number of nitrogens with zero attached hydrogens (tertiary/aromatic N) is 1. The lowest BCUT2D eigenvalue weighted by molar-refractivity contribution is 0.0468. The molecule has 0 fully saturated rings. The molecule has 0 atom stereocenters. The molecule has 4 nitrogen and oxygen atoms in total. The summed E-state index contributed by atoms with van der Waals surface area (Å²) in [4.78, 5) is 13.5. The smallest absolute Gasteiger partial charge is 0.260 e. The number of benzene rings is 1. The van der Waals surface area contributed by atoms with Gasteiger partial charge in [0.05, 0.1) is 12.2 Å². The summed E-state index contributed by atoms with van der Waals surface area (Å²) in [6.07, 6.45) is 0. The summed E-state index contributed by atoms with van der Waals surface area (Å²) in [5.74, 6) is 0.567. The summed E-state index contributed by atoms with van der Waals surface area (Å²) >= 11 is 0. The van der Waals surface area contributed by atoms with Gasteiger partial charge in [0.25, 0.3) is 5.91 Å². The van der Waals surface area contributed by atoms with Crippen molar-refractivity contribution in [1.29, 1.82) is 0 Å². The number of aliphatic hydroxyl groups excluding tert-OH is 1. The van der Waals surface area contributed by atoms with Crippen LogP contribution in [0.1, 0.15) is 15.9 Å². The van der Waals surface area contributed by atoms with Crippen LogP contribution in [0.15, 0.2) is 18.2 Å². The summed E-state index contributed by atoms with van der Waals surface area (Å²) in [6, 6.07) is 5.53. The van der Waals surface area contributed by atoms with Gasteiger partial charge in [-0.1, -0.05) is 12.1 Å². The molecular weight excluding hydrogens is 194 g/mol. The van der Waals surface area contributed by atoms with E-state index in [0.29, 0.717) is 17.9 Å². The second kappa shape index (κ2) is 3.90. The second-order valence-electron chi connectivity index (χ2n) is 3.51. The number of fused-ring (bicyclic) bond motifs is 1. The van der Waals surface area contributed by atoms with E-state index in [1.165, 1.54) is 4.90 Å². The average molecular weight is 207 g/mol. The van der Waals surface area contributed by atoms with Gasteiger partial charge >= 0.3 is 0 Å². The fraction of sp³-hybridized carbons (Fsp3) is 0.364. The Morgan fingerprint density at radius 1 is 1.53 bits per heavy atom. The Morgan fingerprint density at radius 3 is 3.07 bits per heavy atom. The molecular formula is C11H13NO3. The van der Waals surface area contributed by atoms with Gasteiger partial charge in [-0.25, -0.2) is 0 Å². The quantitative estimate of drug-likeness (QED) is 0.779. The Morgan fingerprint density at radius 2 is 2.33 bits per heavy atom. The molecule has 1 aliphatic heterocycles. The standard InChI is InChI=1S/C11H13NO3/c1-8-3-2-4-9-10(8)11(14)12(5-6-13)7-15-9/h2-4,13H,5-7H2,1H3. The largest absolute Gasteiger partial charge is 0.472 e. The molecule has 2 rings (SSSR count). The van der Waals surface area contributed by atoms with Crippen molar-refractivity contribution in [1.82, 2.24) is 4.90 Å². The molecule has 1 aliphatic rings. The van der Waals surface area contributed by atoms with Crippen LogP contribution in [0.5, 0.6) is 5.75 Å². The molecule has 1 aromatic carbocycles. The van der Waals surface area contributed by atoms with Crippen molar-refractivity contribution in [2.45, 2.75) is 6.92 Å². The van der Waals surface area contributed by atoms with E-state index in [9.17, 15) is 4.79 Å². The van der Waals surface area contributed by atoms with Crippen molar-refractivity contribution in [3.8, 4) is 5.75 Å². The van der Waals surface area contributed by atoms with E-state index in [0.717, 1.165) is 5.56 Å². The average Bonchev–Trinajstić information content (AvgIpc) is 2.22. The van der Waals surface area contributed by atoms with Gasteiger partial charge in [-0.15, -0.1) is 0 Å². The molecule has 0 saturated heterocycles. The minimum absolute atomic E-state index is 0.0453. The second-order valence-corrected chi connectivity index (χ2v) is 3.51. The number of aliphatic hydroxyl groups is 1. The zero-order valence-electron chi connectivity index (χ0n) is 8.56. The molecule has 0 saturated carbocycles. The number of rotatable bonds is 2. The Kier molecular flexibility index (Phi) is 2.60. The molecule has 0 spiro atoms. The highest BCUT2D eigenvalue weighted by Gasteiger charge is 2.26. The van der Waals surface area contributed by atoms with E-state index in [1.807, 2.05) is 19.1 Å². The van der Waals surface area contributed by atoms with Gasteiger partial charge in [-0.2, -0.15) is 0 Å². The Hall–Kier alpha value is -1.55. The van der Waals surface area contributed by atoms with Gasteiger partial charge in [0, 0.05) is 6.54 Å². The third kappa shape index (κ3) is 1.68. The van der Waals surface area contributed by atoms with Gasteiger partial charge in [0.1, 0.15) is 5.75 Å². The Labute approximate surface area is 88.1 Å². The lowest BCUT2D eigenvalue weighted by atomic mass is 10.1. The predicted molar refractivity (Wildman–Crippen MR) is 54.8 cm³/mol. The number of carbonyl (C=O) groups excluding carboxylic acids is 1. The molecule has 1 heterocycles. The normalized spacial score (nSPS) is 14.8. The molecule has 4 heteroatoms. The van der Waals surface area contributed by atoms with Crippen LogP contribution in [0.2, 0.25) is 0 Å². The van der Waals surface area contributed by atoms with E-state index in [1.54, 1.807) is 6.07 Å². The maximum absolute atomic E-state index is 12.0. The topological polar surface area (TPSA) is 49.8 Å². The zero-order chi connectivity index (χ0) is 10.8. The Balaban J connectivity index is 2.36. The number of hydrogen-bond acceptors (Lipinski definition) is 3. The number of hydrogen-bond donors (Lipinski definition) is 1. The van der Waals surface area contributed by atoms with E-state index in [2.05, 4.69) is 0 Å². The van der Waals surface area contributed by atoms with Gasteiger partial charge in [-0.05, 0) is 18.6 Å². The van der Waals surface area contributed by atoms with Crippen molar-refractivity contribution < 1.29 is 14.6 Å². The zero-order valence-corrected chi connectivity index (χ0v) is 8.56. The fourth-order valence-corrected chi connectivity index (χ4v) is 1.69. The first-order valence-corrected chi connectivity index (χ1v) is 4.86. The third-order valence-electron chi connectivity index (χ3n) is 2.48. The van der Waals surface area contributed by atoms with Crippen molar-refractivity contribution in [2.75, 3.05) is 19.9 Å². The maximum Gasteiger partial charge on any atom is 0.260 e. The summed E-state index contributed by atoms with van der Waals surface area (Å²) in [7, 11) is 0. The number of aryl methyl sites for hydroxylation is 1. The highest BCUT2D eigenvalue weighted by Crippen LogP contribution is 2.27. The number of β-amino-alcohol motifs (C(OH)–C–C–N with tert-alkyl or cyclic N) is 1. The molecule has 0 aliphatic carbocycles. The number of ether oxygens (including phenoxy) is 1. The van der Waals surface area contributed by atoms with Gasteiger partial charge in [0.2, 0.25) is 0 Å². The molecule has 0 unspecified atom stereocenters. The minimum atomic E-state index is -0.0663. The van der Waals surface area contributed by atoms with E-state index in [4.69, 9.17) is 9.84 Å². The van der Waals surface area contributed by atoms with Crippen molar-refractivity contribution in [2.24, 2.45) is 0 Å². The van der Waals surface area contributed by atoms with E-state index < -0.39 is 0 Å². The first-order valence-electron chi connectivity index (χ1n) is 4.86. The van der Waals surface area contributed by atoms with E-state index in [-0.39, 0.29) is 19.2 Å². The highest BCUT2D eigenvalue weighted by molar-refractivity contribution is 5.99. The predicted octanol–water partition coefficient (Wildman–Crippen LogP) is 0.779. The lowest BCUT2D eigenvalue weighted by Gasteiger charge is -2.28. The minimum Gasteiger partial charge on any atom is -0.472 e. The van der Waals surface area contributed by atoms with Crippen LogP contribution >= 0.6 is 0 Å². The summed E-state index contributed by atoms with van der Waals surface area (Å²) in [5, 5.41) is 8.80. The third-order valence-corrected chi connectivity index (χ3v) is 2.48. The summed E-state index contributed by atoms with van der Waals surface area (Å²) in [6.45, 7) is 2.36. The monoisotopic (exact) mass is 207 g/mol. The number of amides is 1. The lowest BCUT2D eigenvalue weighted by Crippen LogP contribution is -2.40. The molecule has 1 N–H and O–H groups in total. The van der Waals surface area contributed by atoms with Crippen LogP contribution in [0.4, 0.5) is 0 Å². The summed E-state index contributed by atoms with van der Waals surface area (Å²) in [5.41, 5.74) is 1.51. The maximum atomic E-state index is 12.0. The molecule has 15 heavy (non-hydrogen) atoms. The van der Waals surface area contributed by atoms with Gasteiger partial charge in [-0.3, -0.25) is 4.79 Å². The molecule has 0 bridgehead atoms. The van der Waals surface area contributed by atoms with Crippen molar-refractivity contribution in [3.05, 3.63) is 29.3 Å².